The molecule has 0 saturated carbocycles. The van der Waals surface area contributed by atoms with Crippen LogP contribution >= 0.6 is 0 Å². The normalized spacial score (nSPS) is 20.6. The van der Waals surface area contributed by atoms with Gasteiger partial charge in [-0.2, -0.15) is 4.31 Å². The fraction of sp³-hybridized carbons (Fsp3) is 0.364. The van der Waals surface area contributed by atoms with Crippen molar-refractivity contribution in [1.29, 1.82) is 0 Å². The second-order valence-corrected chi connectivity index (χ2v) is 6.11. The molecule has 8 heteroatoms. The molecule has 1 fully saturated rings. The number of nitrogens with two attached hydrogens (primary N) is 1. The summed E-state index contributed by atoms with van der Waals surface area (Å²) in [5.74, 6) is -2.83. The highest BCUT2D eigenvalue weighted by Gasteiger charge is 2.39. The molecule has 1 aliphatic heterocycles. The largest absolute Gasteiger partial charge is 0.368 e. The number of hydrogen-bond donors (Lipinski definition) is 1. The summed E-state index contributed by atoms with van der Waals surface area (Å²) in [4.78, 5) is 10.5. The van der Waals surface area contributed by atoms with Crippen LogP contribution in [0.3, 0.4) is 0 Å². The maximum atomic E-state index is 13.6. The lowest BCUT2D eigenvalue weighted by atomic mass is 10.2. The molecule has 5 nitrogen and oxygen atoms in total. The van der Waals surface area contributed by atoms with Gasteiger partial charge in [0.05, 0.1) is 0 Å². The van der Waals surface area contributed by atoms with E-state index in [1.807, 2.05) is 0 Å². The van der Waals surface area contributed by atoms with Gasteiger partial charge in [-0.05, 0) is 25.0 Å². The van der Waals surface area contributed by atoms with Crippen LogP contribution in [0.2, 0.25) is 0 Å². The predicted octanol–water partition coefficient (Wildman–Crippen LogP) is 0.603. The third-order valence-electron chi connectivity index (χ3n) is 3.01. The van der Waals surface area contributed by atoms with Crippen LogP contribution in [-0.4, -0.2) is 31.2 Å². The Morgan fingerprint density at radius 1 is 1.37 bits per heavy atom. The molecule has 1 unspecified atom stereocenters. The average molecular weight is 290 g/mol. The summed E-state index contributed by atoms with van der Waals surface area (Å²) in [6.07, 6.45) is 0.771. The molecule has 0 aliphatic carbocycles. The van der Waals surface area contributed by atoms with Crippen molar-refractivity contribution in [3.8, 4) is 0 Å². The number of nitrogens with zero attached hydrogens (tertiary/aromatic N) is 1. The van der Waals surface area contributed by atoms with Gasteiger partial charge in [-0.15, -0.1) is 0 Å². The standard InChI is InChI=1S/C11H12F2N2O3S/c12-7-3-4-10(8(13)6-7)19(17,18)15-5-1-2-9(15)11(14)16/h3-4,6,9H,1-2,5H2,(H2,14,16). The Bertz CT molecular complexity index is 618. The maximum Gasteiger partial charge on any atom is 0.246 e. The lowest BCUT2D eigenvalue weighted by Crippen LogP contribution is -2.43. The first-order valence-electron chi connectivity index (χ1n) is 5.60. The SMILES string of the molecule is NC(=O)C1CCCN1S(=O)(=O)c1ccc(F)cc1F. The van der Waals surface area contributed by atoms with Crippen LogP contribution in [0.15, 0.2) is 23.1 Å². The molecule has 1 heterocycles. The molecule has 1 amide bonds. The van der Waals surface area contributed by atoms with Gasteiger partial charge in [-0.25, -0.2) is 17.2 Å². The number of halogens is 2. The van der Waals surface area contributed by atoms with E-state index in [2.05, 4.69) is 0 Å². The number of amides is 1. The number of primary amides is 1. The van der Waals surface area contributed by atoms with Gasteiger partial charge in [-0.1, -0.05) is 0 Å². The van der Waals surface area contributed by atoms with E-state index in [-0.39, 0.29) is 6.54 Å². The minimum Gasteiger partial charge on any atom is -0.368 e. The van der Waals surface area contributed by atoms with E-state index in [4.69, 9.17) is 5.73 Å². The van der Waals surface area contributed by atoms with E-state index < -0.39 is 38.5 Å². The molecule has 1 aromatic rings. The van der Waals surface area contributed by atoms with Crippen molar-refractivity contribution in [3.63, 3.8) is 0 Å². The summed E-state index contributed by atoms with van der Waals surface area (Å²) < 4.78 is 51.7. The van der Waals surface area contributed by atoms with Crippen LogP contribution in [0.25, 0.3) is 0 Å². The first-order valence-corrected chi connectivity index (χ1v) is 7.04. The Balaban J connectivity index is 2.45. The first-order chi connectivity index (χ1) is 8.84. The van der Waals surface area contributed by atoms with E-state index in [0.717, 1.165) is 16.4 Å². The van der Waals surface area contributed by atoms with E-state index in [1.165, 1.54) is 0 Å². The Morgan fingerprint density at radius 3 is 2.63 bits per heavy atom. The van der Waals surface area contributed by atoms with Gasteiger partial charge in [0, 0.05) is 12.6 Å². The summed E-state index contributed by atoms with van der Waals surface area (Å²) in [6, 6.07) is 1.21. The Hall–Kier alpha value is -1.54. The molecule has 1 saturated heterocycles. The molecule has 104 valence electrons. The number of carbonyl (C=O) groups is 1. The highest BCUT2D eigenvalue weighted by molar-refractivity contribution is 7.89. The lowest BCUT2D eigenvalue weighted by molar-refractivity contribution is -0.121. The van der Waals surface area contributed by atoms with Crippen LogP contribution in [0.5, 0.6) is 0 Å². The third-order valence-corrected chi connectivity index (χ3v) is 4.95. The number of sulfonamides is 1. The van der Waals surface area contributed by atoms with Crippen LogP contribution in [0.1, 0.15) is 12.8 Å². The van der Waals surface area contributed by atoms with Crippen molar-refractivity contribution < 1.29 is 22.0 Å². The number of carbonyl (C=O) groups excluding carboxylic acids is 1. The summed E-state index contributed by atoms with van der Waals surface area (Å²) >= 11 is 0. The lowest BCUT2D eigenvalue weighted by Gasteiger charge is -2.21. The second-order valence-electron chi connectivity index (χ2n) is 4.25. The molecule has 0 aromatic heterocycles. The number of hydrogen-bond acceptors (Lipinski definition) is 3. The Kier molecular flexibility index (Phi) is 3.55. The molecule has 19 heavy (non-hydrogen) atoms. The number of benzene rings is 1. The third kappa shape index (κ3) is 2.45. The highest BCUT2D eigenvalue weighted by Crippen LogP contribution is 2.27. The van der Waals surface area contributed by atoms with Crippen molar-refractivity contribution >= 4 is 15.9 Å². The Morgan fingerprint density at radius 2 is 2.05 bits per heavy atom. The molecule has 0 radical (unpaired) electrons. The van der Waals surface area contributed by atoms with E-state index in [9.17, 15) is 22.0 Å². The van der Waals surface area contributed by atoms with Crippen LogP contribution in [0, 0.1) is 11.6 Å². The van der Waals surface area contributed by atoms with Crippen LogP contribution in [-0.2, 0) is 14.8 Å². The van der Waals surface area contributed by atoms with Gasteiger partial charge in [0.2, 0.25) is 15.9 Å². The second kappa shape index (κ2) is 4.86. The highest BCUT2D eigenvalue weighted by atomic mass is 32.2. The Labute approximate surface area is 109 Å². The zero-order valence-electron chi connectivity index (χ0n) is 9.84. The monoisotopic (exact) mass is 290 g/mol. The van der Waals surface area contributed by atoms with Crippen molar-refractivity contribution in [2.45, 2.75) is 23.8 Å². The minimum absolute atomic E-state index is 0.0900. The van der Waals surface area contributed by atoms with Crippen molar-refractivity contribution in [2.24, 2.45) is 5.73 Å². The van der Waals surface area contributed by atoms with Crippen LogP contribution in [0.4, 0.5) is 8.78 Å². The molecule has 1 aromatic carbocycles. The minimum atomic E-state index is -4.19. The summed E-state index contributed by atoms with van der Waals surface area (Å²) in [5, 5.41) is 0. The van der Waals surface area contributed by atoms with Gasteiger partial charge < -0.3 is 5.73 Å². The summed E-state index contributed by atoms with van der Waals surface area (Å²) in [5.41, 5.74) is 5.13. The zero-order valence-corrected chi connectivity index (χ0v) is 10.7. The summed E-state index contributed by atoms with van der Waals surface area (Å²) in [6.45, 7) is 0.0900. The zero-order chi connectivity index (χ0) is 14.2. The van der Waals surface area contributed by atoms with Crippen molar-refractivity contribution in [3.05, 3.63) is 29.8 Å². The topological polar surface area (TPSA) is 80.5 Å². The predicted molar refractivity (Wildman–Crippen MR) is 62.5 cm³/mol. The van der Waals surface area contributed by atoms with E-state index >= 15 is 0 Å². The molecule has 0 spiro atoms. The van der Waals surface area contributed by atoms with Gasteiger partial charge >= 0.3 is 0 Å². The van der Waals surface area contributed by atoms with Gasteiger partial charge in [0.25, 0.3) is 0 Å². The van der Waals surface area contributed by atoms with Crippen molar-refractivity contribution in [1.82, 2.24) is 4.31 Å². The maximum absolute atomic E-state index is 13.6. The molecule has 1 atom stereocenters. The molecule has 1 aliphatic rings. The number of rotatable bonds is 3. The molecule has 0 bridgehead atoms. The van der Waals surface area contributed by atoms with Gasteiger partial charge in [0.15, 0.2) is 0 Å². The fourth-order valence-electron chi connectivity index (χ4n) is 2.12. The average Bonchev–Trinajstić information content (AvgIpc) is 2.77. The molecule has 2 rings (SSSR count). The van der Waals surface area contributed by atoms with E-state index in [1.54, 1.807) is 0 Å². The van der Waals surface area contributed by atoms with Gasteiger partial charge in [-0.3, -0.25) is 4.79 Å². The van der Waals surface area contributed by atoms with Crippen molar-refractivity contribution in [2.75, 3.05) is 6.54 Å². The van der Waals surface area contributed by atoms with E-state index in [0.29, 0.717) is 18.9 Å². The molecular weight excluding hydrogens is 278 g/mol. The fourth-order valence-corrected chi connectivity index (χ4v) is 3.83. The van der Waals surface area contributed by atoms with Gasteiger partial charge in [0.1, 0.15) is 22.6 Å². The van der Waals surface area contributed by atoms with Crippen LogP contribution < -0.4 is 5.73 Å². The smallest absolute Gasteiger partial charge is 0.246 e. The first kappa shape index (κ1) is 13.9. The quantitative estimate of drug-likeness (QED) is 0.885. The molecule has 2 N–H and O–H groups in total. The summed E-state index contributed by atoms with van der Waals surface area (Å²) in [7, 11) is -4.19. The molecular formula is C11H12F2N2O3S.